The molecule has 0 spiro atoms. The van der Waals surface area contributed by atoms with E-state index in [0.29, 0.717) is 0 Å². The average molecular weight is 246 g/mol. The van der Waals surface area contributed by atoms with Gasteiger partial charge in [-0.3, -0.25) is 4.79 Å². The Hall–Kier alpha value is -1.89. The van der Waals surface area contributed by atoms with Crippen LogP contribution in [0.25, 0.3) is 10.9 Å². The molecule has 0 amide bonds. The largest absolute Gasteiger partial charge is 0.480 e. The van der Waals surface area contributed by atoms with Gasteiger partial charge in [-0.15, -0.1) is 0 Å². The van der Waals surface area contributed by atoms with Crippen molar-refractivity contribution in [3.8, 4) is 0 Å². The summed E-state index contributed by atoms with van der Waals surface area (Å²) in [6.07, 6.45) is 1.97. The summed E-state index contributed by atoms with van der Waals surface area (Å²) in [5.41, 5.74) is 10.4. The van der Waals surface area contributed by atoms with E-state index in [9.17, 15) is 9.90 Å². The van der Waals surface area contributed by atoms with E-state index < -0.39 is 12.0 Å². The van der Waals surface area contributed by atoms with Crippen molar-refractivity contribution in [1.82, 2.24) is 21.0 Å². The van der Waals surface area contributed by atoms with Gasteiger partial charge in [0.25, 0.3) is 0 Å². The number of nitrogens with one attached hydrogen (secondary N) is 3. The van der Waals surface area contributed by atoms with E-state index in [0.717, 1.165) is 16.5 Å². The van der Waals surface area contributed by atoms with Gasteiger partial charge in [0, 0.05) is 24.1 Å². The third-order valence-electron chi connectivity index (χ3n) is 3.32. The fraction of sp³-hybridized carbons (Fsp3) is 0.250. The van der Waals surface area contributed by atoms with Crippen molar-refractivity contribution in [2.24, 2.45) is 7.05 Å². The first-order valence-electron chi connectivity index (χ1n) is 5.71. The van der Waals surface area contributed by atoms with Crippen LogP contribution < -0.4 is 16.4 Å². The van der Waals surface area contributed by atoms with E-state index >= 15 is 0 Å². The second-order valence-electron chi connectivity index (χ2n) is 4.42. The van der Waals surface area contributed by atoms with Gasteiger partial charge in [-0.2, -0.15) is 5.53 Å². The summed E-state index contributed by atoms with van der Waals surface area (Å²) in [4.78, 5) is 11.2. The summed E-state index contributed by atoms with van der Waals surface area (Å²) in [6, 6.07) is 6.97. The van der Waals surface area contributed by atoms with Gasteiger partial charge < -0.3 is 9.67 Å². The molecule has 18 heavy (non-hydrogen) atoms. The minimum Gasteiger partial charge on any atom is -0.480 e. The van der Waals surface area contributed by atoms with Crippen LogP contribution in [0.4, 0.5) is 0 Å². The van der Waals surface area contributed by atoms with Gasteiger partial charge in [-0.25, -0.2) is 10.9 Å². The van der Waals surface area contributed by atoms with Gasteiger partial charge in [0.2, 0.25) is 0 Å². The number of aromatic nitrogens is 1. The third-order valence-corrected chi connectivity index (χ3v) is 3.32. The molecule has 2 unspecified atom stereocenters. The maximum atomic E-state index is 11.2. The second kappa shape index (κ2) is 4.09. The Morgan fingerprint density at radius 1 is 1.33 bits per heavy atom. The zero-order valence-electron chi connectivity index (χ0n) is 9.84. The molecule has 0 aliphatic carbocycles. The molecule has 2 aromatic rings. The number of carboxylic acids is 1. The number of aryl methyl sites for hydroxylation is 1. The Morgan fingerprint density at radius 2 is 2.11 bits per heavy atom. The van der Waals surface area contributed by atoms with E-state index in [1.54, 1.807) is 0 Å². The number of carbonyl (C=O) groups is 1. The molecule has 1 aromatic carbocycles. The third kappa shape index (κ3) is 1.59. The standard InChI is InChI=1S/C12H14N4O2/c1-16-6-8(7-4-2-3-5-9(7)16)10-11(12(17)18)14-15-13-10/h2-6,10-11,13-15H,1H3,(H,17,18). The maximum absolute atomic E-state index is 11.2. The highest BCUT2D eigenvalue weighted by molar-refractivity contribution is 5.86. The highest BCUT2D eigenvalue weighted by Gasteiger charge is 2.35. The molecule has 1 saturated heterocycles. The Bertz CT molecular complexity index is 607. The predicted molar refractivity (Wildman–Crippen MR) is 66.5 cm³/mol. The van der Waals surface area contributed by atoms with Crippen LogP contribution in [0.1, 0.15) is 11.6 Å². The monoisotopic (exact) mass is 246 g/mol. The van der Waals surface area contributed by atoms with Crippen molar-refractivity contribution in [3.63, 3.8) is 0 Å². The summed E-state index contributed by atoms with van der Waals surface area (Å²) >= 11 is 0. The quantitative estimate of drug-likeness (QED) is 0.612. The van der Waals surface area contributed by atoms with Gasteiger partial charge in [-0.1, -0.05) is 18.2 Å². The van der Waals surface area contributed by atoms with E-state index in [2.05, 4.69) is 16.4 Å². The van der Waals surface area contributed by atoms with E-state index in [1.165, 1.54) is 0 Å². The lowest BCUT2D eigenvalue weighted by molar-refractivity contribution is -0.139. The van der Waals surface area contributed by atoms with Crippen molar-refractivity contribution in [2.45, 2.75) is 12.1 Å². The van der Waals surface area contributed by atoms with Gasteiger partial charge in [-0.05, 0) is 11.6 Å². The van der Waals surface area contributed by atoms with Crippen molar-refractivity contribution < 1.29 is 9.90 Å². The van der Waals surface area contributed by atoms with Crippen molar-refractivity contribution in [3.05, 3.63) is 36.0 Å². The number of aliphatic carboxylic acids is 1. The lowest BCUT2D eigenvalue weighted by Gasteiger charge is -2.13. The number of hydrogen-bond donors (Lipinski definition) is 4. The molecule has 1 fully saturated rings. The molecule has 2 atom stereocenters. The number of hydrogen-bond acceptors (Lipinski definition) is 4. The molecule has 4 N–H and O–H groups in total. The number of hydrazine groups is 2. The van der Waals surface area contributed by atoms with Crippen molar-refractivity contribution in [1.29, 1.82) is 0 Å². The van der Waals surface area contributed by atoms with Gasteiger partial charge >= 0.3 is 5.97 Å². The minimum absolute atomic E-state index is 0.298. The average Bonchev–Trinajstić information content (AvgIpc) is 2.95. The SMILES string of the molecule is Cn1cc(C2NNNC2C(=O)O)c2ccccc21. The van der Waals surface area contributed by atoms with Gasteiger partial charge in [0.1, 0.15) is 6.04 Å². The van der Waals surface area contributed by atoms with Crippen LogP contribution in [0, 0.1) is 0 Å². The molecule has 0 radical (unpaired) electrons. The Balaban J connectivity index is 2.12. The summed E-state index contributed by atoms with van der Waals surface area (Å²) in [6.45, 7) is 0. The number of rotatable bonds is 2. The van der Waals surface area contributed by atoms with Crippen LogP contribution in [-0.2, 0) is 11.8 Å². The molecular weight excluding hydrogens is 232 g/mol. The molecule has 0 saturated carbocycles. The molecule has 6 nitrogen and oxygen atoms in total. The number of benzene rings is 1. The summed E-state index contributed by atoms with van der Waals surface area (Å²) in [5.74, 6) is -0.884. The van der Waals surface area contributed by atoms with Crippen LogP contribution in [0.3, 0.4) is 0 Å². The molecule has 6 heteroatoms. The van der Waals surface area contributed by atoms with Gasteiger partial charge in [0.15, 0.2) is 0 Å². The Kier molecular flexibility index (Phi) is 2.55. The molecule has 1 aliphatic heterocycles. The van der Waals surface area contributed by atoms with Crippen molar-refractivity contribution in [2.75, 3.05) is 0 Å². The van der Waals surface area contributed by atoms with Crippen molar-refractivity contribution >= 4 is 16.9 Å². The first-order valence-corrected chi connectivity index (χ1v) is 5.71. The lowest BCUT2D eigenvalue weighted by atomic mass is 10.0. The predicted octanol–water partition coefficient (Wildman–Crippen LogP) is 0.285. The zero-order chi connectivity index (χ0) is 12.7. The van der Waals surface area contributed by atoms with Crippen LogP contribution in [-0.4, -0.2) is 21.7 Å². The fourth-order valence-electron chi connectivity index (χ4n) is 2.45. The number of fused-ring (bicyclic) bond motifs is 1. The zero-order valence-corrected chi connectivity index (χ0v) is 9.84. The number of para-hydroxylation sites is 1. The first kappa shape index (κ1) is 11.2. The molecule has 1 aliphatic rings. The Labute approximate surface area is 104 Å². The van der Waals surface area contributed by atoms with E-state index in [4.69, 9.17) is 0 Å². The van der Waals surface area contributed by atoms with E-state index in [-0.39, 0.29) is 6.04 Å². The fourth-order valence-corrected chi connectivity index (χ4v) is 2.45. The topological polar surface area (TPSA) is 78.3 Å². The van der Waals surface area contributed by atoms with E-state index in [1.807, 2.05) is 42.1 Å². The minimum atomic E-state index is -0.884. The summed E-state index contributed by atoms with van der Waals surface area (Å²) < 4.78 is 2.00. The molecule has 2 heterocycles. The lowest BCUT2D eigenvalue weighted by Crippen LogP contribution is -2.38. The normalized spacial score (nSPS) is 23.6. The molecule has 3 rings (SSSR count). The molecule has 1 aromatic heterocycles. The number of carboxylic acid groups (broad SMARTS) is 1. The number of nitrogens with zero attached hydrogens (tertiary/aromatic N) is 1. The van der Waals surface area contributed by atoms with Crippen LogP contribution in [0.15, 0.2) is 30.5 Å². The molecular formula is C12H14N4O2. The Morgan fingerprint density at radius 3 is 2.89 bits per heavy atom. The smallest absolute Gasteiger partial charge is 0.324 e. The summed E-state index contributed by atoms with van der Waals surface area (Å²) in [5, 5.41) is 10.2. The van der Waals surface area contributed by atoms with Crippen LogP contribution in [0.5, 0.6) is 0 Å². The van der Waals surface area contributed by atoms with Crippen LogP contribution >= 0.6 is 0 Å². The maximum Gasteiger partial charge on any atom is 0.324 e. The van der Waals surface area contributed by atoms with Crippen LogP contribution in [0.2, 0.25) is 0 Å². The van der Waals surface area contributed by atoms with Gasteiger partial charge in [0.05, 0.1) is 6.04 Å². The second-order valence-corrected chi connectivity index (χ2v) is 4.42. The first-order chi connectivity index (χ1) is 8.68. The summed E-state index contributed by atoms with van der Waals surface area (Å²) in [7, 11) is 1.96. The molecule has 94 valence electrons. The molecule has 0 bridgehead atoms. The highest BCUT2D eigenvalue weighted by Crippen LogP contribution is 2.28. The highest BCUT2D eigenvalue weighted by atomic mass is 16.4.